The fraction of sp³-hybridized carbons (Fsp3) is 0.450. The van der Waals surface area contributed by atoms with Crippen LogP contribution in [-0.4, -0.2) is 49.9 Å². The summed E-state index contributed by atoms with van der Waals surface area (Å²) in [4.78, 5) is 32.1. The number of amides is 1. The molecule has 0 aromatic carbocycles. The number of aryl methyl sites for hydroxylation is 1. The Morgan fingerprint density at radius 3 is 2.72 bits per heavy atom. The largest absolute Gasteiger partial charge is 0.481 e. The first-order valence-electron chi connectivity index (χ1n) is 9.60. The van der Waals surface area contributed by atoms with E-state index in [1.807, 2.05) is 6.92 Å². The molecule has 0 spiro atoms. The van der Waals surface area contributed by atoms with Crippen LogP contribution in [0.25, 0.3) is 11.1 Å². The van der Waals surface area contributed by atoms with E-state index in [0.29, 0.717) is 52.9 Å². The molecule has 0 bridgehead atoms. The minimum atomic E-state index is -0.153. The average Bonchev–Trinajstić information content (AvgIpc) is 3.34. The van der Waals surface area contributed by atoms with E-state index < -0.39 is 0 Å². The lowest BCUT2D eigenvalue weighted by atomic mass is 10.1. The molecule has 29 heavy (non-hydrogen) atoms. The number of ether oxygens (including phenoxy) is 1. The number of nitrogens with one attached hydrogen (secondary N) is 1. The van der Waals surface area contributed by atoms with Crippen LogP contribution in [0.1, 0.15) is 48.5 Å². The standard InChI is InChI=1S/C20H24N6O3/c1-5-26(9-13-8-14(28-4)22-10-21-13)19(27)15-12(2)29-18-16(15)17(23-11-24-18)25-20(3)6-7-20/h8,10-11H,5-7,9H2,1-4H3,(H,23,24,25). The summed E-state index contributed by atoms with van der Waals surface area (Å²) in [6.07, 6.45) is 5.01. The monoisotopic (exact) mass is 396 g/mol. The molecule has 1 fully saturated rings. The molecule has 1 N–H and O–H groups in total. The minimum Gasteiger partial charge on any atom is -0.481 e. The zero-order valence-corrected chi connectivity index (χ0v) is 17.0. The normalized spacial score (nSPS) is 14.6. The fourth-order valence-corrected chi connectivity index (χ4v) is 3.25. The van der Waals surface area contributed by atoms with Crippen molar-refractivity contribution in [1.82, 2.24) is 24.8 Å². The van der Waals surface area contributed by atoms with E-state index in [9.17, 15) is 4.79 Å². The molecule has 9 heteroatoms. The van der Waals surface area contributed by atoms with Gasteiger partial charge in [0.2, 0.25) is 11.6 Å². The number of furan rings is 1. The Kier molecular flexibility index (Phi) is 4.81. The van der Waals surface area contributed by atoms with Gasteiger partial charge in [0.05, 0.1) is 30.3 Å². The first-order chi connectivity index (χ1) is 13.9. The zero-order valence-electron chi connectivity index (χ0n) is 17.0. The molecule has 3 aromatic rings. The van der Waals surface area contributed by atoms with Crippen LogP contribution in [-0.2, 0) is 6.54 Å². The summed E-state index contributed by atoms with van der Waals surface area (Å²) >= 11 is 0. The summed E-state index contributed by atoms with van der Waals surface area (Å²) in [6, 6.07) is 1.72. The van der Waals surface area contributed by atoms with Crippen LogP contribution >= 0.6 is 0 Å². The number of carbonyl (C=O) groups excluding carboxylic acids is 1. The van der Waals surface area contributed by atoms with E-state index in [-0.39, 0.29) is 11.4 Å². The Morgan fingerprint density at radius 1 is 1.28 bits per heavy atom. The molecule has 3 aromatic heterocycles. The number of aromatic nitrogens is 4. The predicted octanol–water partition coefficient (Wildman–Crippen LogP) is 2.96. The van der Waals surface area contributed by atoms with Gasteiger partial charge in [-0.1, -0.05) is 0 Å². The van der Waals surface area contributed by atoms with Crippen LogP contribution in [0, 0.1) is 6.92 Å². The van der Waals surface area contributed by atoms with Crippen LogP contribution in [0.5, 0.6) is 5.88 Å². The lowest BCUT2D eigenvalue weighted by Gasteiger charge is -2.21. The van der Waals surface area contributed by atoms with Crippen LogP contribution in [0.4, 0.5) is 5.82 Å². The Balaban J connectivity index is 1.70. The molecule has 1 aliphatic rings. The maximum atomic E-state index is 13.5. The molecule has 0 radical (unpaired) electrons. The molecule has 0 unspecified atom stereocenters. The van der Waals surface area contributed by atoms with E-state index in [1.165, 1.54) is 12.7 Å². The van der Waals surface area contributed by atoms with Gasteiger partial charge in [0.1, 0.15) is 24.2 Å². The highest BCUT2D eigenvalue weighted by Gasteiger charge is 2.38. The molecule has 1 amide bonds. The summed E-state index contributed by atoms with van der Waals surface area (Å²) < 4.78 is 10.9. The third-order valence-electron chi connectivity index (χ3n) is 5.23. The summed E-state index contributed by atoms with van der Waals surface area (Å²) in [5.41, 5.74) is 1.59. The first kappa shape index (κ1) is 19.1. The summed E-state index contributed by atoms with van der Waals surface area (Å²) in [5, 5.41) is 4.07. The van der Waals surface area contributed by atoms with Gasteiger partial charge in [0.25, 0.3) is 5.91 Å². The highest BCUT2D eigenvalue weighted by Crippen LogP contribution is 2.40. The molecule has 4 rings (SSSR count). The minimum absolute atomic E-state index is 0.00866. The highest BCUT2D eigenvalue weighted by molar-refractivity contribution is 6.10. The van der Waals surface area contributed by atoms with Gasteiger partial charge in [-0.25, -0.2) is 19.9 Å². The van der Waals surface area contributed by atoms with Crippen LogP contribution in [0.15, 0.2) is 23.1 Å². The number of carbonyl (C=O) groups is 1. The van der Waals surface area contributed by atoms with E-state index in [2.05, 4.69) is 32.2 Å². The topological polar surface area (TPSA) is 106 Å². The molecule has 1 aliphatic carbocycles. The van der Waals surface area contributed by atoms with E-state index in [4.69, 9.17) is 9.15 Å². The van der Waals surface area contributed by atoms with Crippen molar-refractivity contribution in [3.05, 3.63) is 35.7 Å². The van der Waals surface area contributed by atoms with Gasteiger partial charge in [0, 0.05) is 18.2 Å². The molecular formula is C20H24N6O3. The van der Waals surface area contributed by atoms with E-state index >= 15 is 0 Å². The maximum absolute atomic E-state index is 13.5. The van der Waals surface area contributed by atoms with Gasteiger partial charge in [-0.15, -0.1) is 0 Å². The molecule has 0 aliphatic heterocycles. The smallest absolute Gasteiger partial charge is 0.258 e. The second-order valence-corrected chi connectivity index (χ2v) is 7.49. The van der Waals surface area contributed by atoms with Gasteiger partial charge >= 0.3 is 0 Å². The van der Waals surface area contributed by atoms with E-state index in [0.717, 1.165) is 12.8 Å². The maximum Gasteiger partial charge on any atom is 0.258 e. The van der Waals surface area contributed by atoms with Gasteiger partial charge in [-0.3, -0.25) is 4.79 Å². The molecule has 1 saturated carbocycles. The van der Waals surface area contributed by atoms with Crippen molar-refractivity contribution in [1.29, 1.82) is 0 Å². The Hall–Kier alpha value is -3.23. The average molecular weight is 396 g/mol. The Bertz CT molecular complexity index is 1060. The van der Waals surface area contributed by atoms with Gasteiger partial charge in [0.15, 0.2) is 0 Å². The van der Waals surface area contributed by atoms with Gasteiger partial charge < -0.3 is 19.4 Å². The first-order valence-corrected chi connectivity index (χ1v) is 9.60. The number of anilines is 1. The van der Waals surface area contributed by atoms with Crippen LogP contribution in [0.2, 0.25) is 0 Å². The van der Waals surface area contributed by atoms with Crippen LogP contribution < -0.4 is 10.1 Å². The second-order valence-electron chi connectivity index (χ2n) is 7.49. The SMILES string of the molecule is CCN(Cc1cc(OC)ncn1)C(=O)c1c(C)oc2ncnc(NC3(C)CC3)c12. The lowest BCUT2D eigenvalue weighted by Crippen LogP contribution is -2.31. The number of nitrogens with zero attached hydrogens (tertiary/aromatic N) is 5. The van der Waals surface area contributed by atoms with E-state index in [1.54, 1.807) is 25.0 Å². The summed E-state index contributed by atoms with van der Waals surface area (Å²) in [5.74, 6) is 1.46. The molecule has 152 valence electrons. The van der Waals surface area contributed by atoms with Crippen molar-refractivity contribution in [2.75, 3.05) is 19.0 Å². The van der Waals surface area contributed by atoms with Crippen molar-refractivity contribution < 1.29 is 13.9 Å². The molecule has 0 saturated heterocycles. The lowest BCUT2D eigenvalue weighted by molar-refractivity contribution is 0.0750. The fourth-order valence-electron chi connectivity index (χ4n) is 3.25. The van der Waals surface area contributed by atoms with Gasteiger partial charge in [-0.05, 0) is 33.6 Å². The number of methoxy groups -OCH3 is 1. The summed E-state index contributed by atoms with van der Waals surface area (Å²) in [6.45, 7) is 6.67. The van der Waals surface area contributed by atoms with Crippen LogP contribution in [0.3, 0.4) is 0 Å². The number of hydrogen-bond donors (Lipinski definition) is 1. The van der Waals surface area contributed by atoms with Gasteiger partial charge in [-0.2, -0.15) is 0 Å². The van der Waals surface area contributed by atoms with Crippen molar-refractivity contribution in [3.8, 4) is 5.88 Å². The second kappa shape index (κ2) is 7.31. The molecular weight excluding hydrogens is 372 g/mol. The highest BCUT2D eigenvalue weighted by atomic mass is 16.5. The number of rotatable bonds is 7. The molecule has 9 nitrogen and oxygen atoms in total. The summed E-state index contributed by atoms with van der Waals surface area (Å²) in [7, 11) is 1.55. The molecule has 3 heterocycles. The van der Waals surface area contributed by atoms with Crippen molar-refractivity contribution in [2.24, 2.45) is 0 Å². The number of fused-ring (bicyclic) bond motifs is 1. The Morgan fingerprint density at radius 2 is 2.03 bits per heavy atom. The predicted molar refractivity (Wildman–Crippen MR) is 107 cm³/mol. The Labute approximate surface area is 168 Å². The third kappa shape index (κ3) is 3.72. The van der Waals surface area contributed by atoms with Crippen molar-refractivity contribution in [2.45, 2.75) is 45.7 Å². The van der Waals surface area contributed by atoms with Crippen molar-refractivity contribution in [3.63, 3.8) is 0 Å². The quantitative estimate of drug-likeness (QED) is 0.650. The number of hydrogen-bond acceptors (Lipinski definition) is 8. The zero-order chi connectivity index (χ0) is 20.6. The van der Waals surface area contributed by atoms with Crippen molar-refractivity contribution >= 4 is 22.8 Å². The third-order valence-corrected chi connectivity index (χ3v) is 5.23. The molecule has 0 atom stereocenters.